The summed E-state index contributed by atoms with van der Waals surface area (Å²) in [4.78, 5) is 16.4. The van der Waals surface area contributed by atoms with E-state index in [9.17, 15) is 4.79 Å². The van der Waals surface area contributed by atoms with Gasteiger partial charge in [-0.1, -0.05) is 12.7 Å². The number of nitrogens with two attached hydrogens (primary N) is 1. The quantitative estimate of drug-likeness (QED) is 0.513. The molecule has 0 aliphatic heterocycles. The molecule has 0 unspecified atom stereocenters. The van der Waals surface area contributed by atoms with Crippen LogP contribution in [0.2, 0.25) is 0 Å². The molecule has 0 aliphatic rings. The molecule has 2 heterocycles. The van der Waals surface area contributed by atoms with E-state index in [0.717, 1.165) is 0 Å². The molecule has 2 rings (SSSR count). The van der Waals surface area contributed by atoms with E-state index in [1.54, 1.807) is 17.8 Å². The molecule has 2 aromatic heterocycles. The number of hydrogen-bond donors (Lipinski definition) is 1. The number of carbonyl (C=O) groups excluding carboxylic acids is 1. The summed E-state index contributed by atoms with van der Waals surface area (Å²) in [5.41, 5.74) is 7.77. The lowest BCUT2D eigenvalue weighted by atomic mass is 10.1. The largest absolute Gasteiger partial charge is 0.458 e. The molecule has 0 atom stereocenters. The fourth-order valence-corrected chi connectivity index (χ4v) is 2.03. The lowest BCUT2D eigenvalue weighted by Gasteiger charge is -2.09. The third-order valence-electron chi connectivity index (χ3n) is 3.01. The first-order valence-corrected chi connectivity index (χ1v) is 6.43. The lowest BCUT2D eigenvalue weighted by molar-refractivity contribution is 0.0550. The van der Waals surface area contributed by atoms with E-state index < -0.39 is 5.97 Å². The van der Waals surface area contributed by atoms with E-state index in [1.807, 2.05) is 0 Å². The number of nitrogens with zero attached hydrogens (tertiary/aromatic N) is 3. The molecular weight excluding hydrogens is 268 g/mol. The molecule has 0 spiro atoms. The third kappa shape index (κ3) is 2.72. The van der Waals surface area contributed by atoms with Gasteiger partial charge in [0.15, 0.2) is 5.65 Å². The highest BCUT2D eigenvalue weighted by atomic mass is 16.5. The van der Waals surface area contributed by atoms with Crippen molar-refractivity contribution in [2.45, 2.75) is 19.9 Å². The van der Waals surface area contributed by atoms with Crippen LogP contribution in [0.15, 0.2) is 18.9 Å². The summed E-state index contributed by atoms with van der Waals surface area (Å²) < 4.78 is 6.71. The number of esters is 1. The van der Waals surface area contributed by atoms with Gasteiger partial charge in [-0.15, -0.1) is 12.3 Å². The van der Waals surface area contributed by atoms with Gasteiger partial charge in [0.1, 0.15) is 12.2 Å². The monoisotopic (exact) mass is 284 g/mol. The summed E-state index contributed by atoms with van der Waals surface area (Å²) in [6.45, 7) is 5.88. The molecule has 6 nitrogen and oxygen atoms in total. The number of hydrogen-bond acceptors (Lipinski definition) is 5. The standard InChI is InChI=1S/C15H16N4O2/c1-4-6-7-19-14-11(9-17-19)13(16)12(10(3)18-14)15(20)21-8-5-2/h1,5,9H,2,6-8H2,3H3,(H2,16,18). The predicted octanol–water partition coefficient (Wildman–Crippen LogP) is 1.69. The maximum absolute atomic E-state index is 12.0. The summed E-state index contributed by atoms with van der Waals surface area (Å²) >= 11 is 0. The van der Waals surface area contributed by atoms with Crippen LogP contribution in [0.25, 0.3) is 11.0 Å². The average Bonchev–Trinajstić information content (AvgIpc) is 2.86. The minimum Gasteiger partial charge on any atom is -0.458 e. The van der Waals surface area contributed by atoms with Gasteiger partial charge in [0.25, 0.3) is 0 Å². The van der Waals surface area contributed by atoms with E-state index in [1.165, 1.54) is 6.08 Å². The zero-order chi connectivity index (χ0) is 15.4. The third-order valence-corrected chi connectivity index (χ3v) is 3.01. The van der Waals surface area contributed by atoms with Crippen molar-refractivity contribution in [1.29, 1.82) is 0 Å². The first kappa shape index (κ1) is 14.6. The number of terminal acetylenes is 1. The van der Waals surface area contributed by atoms with Gasteiger partial charge in [-0.3, -0.25) is 0 Å². The van der Waals surface area contributed by atoms with Crippen LogP contribution >= 0.6 is 0 Å². The predicted molar refractivity (Wildman–Crippen MR) is 80.6 cm³/mol. The Labute approximate surface area is 122 Å². The second-order valence-corrected chi connectivity index (χ2v) is 4.43. The Hall–Kier alpha value is -2.81. The number of ether oxygens (including phenoxy) is 1. The number of carbonyl (C=O) groups is 1. The van der Waals surface area contributed by atoms with Gasteiger partial charge in [0.2, 0.25) is 0 Å². The molecule has 0 saturated heterocycles. The summed E-state index contributed by atoms with van der Waals surface area (Å²) in [6.07, 6.45) is 8.87. The number of pyridine rings is 1. The number of fused-ring (bicyclic) bond motifs is 1. The Morgan fingerprint density at radius 3 is 3.10 bits per heavy atom. The Morgan fingerprint density at radius 2 is 2.43 bits per heavy atom. The van der Waals surface area contributed by atoms with Crippen LogP contribution in [-0.2, 0) is 11.3 Å². The molecule has 6 heteroatoms. The van der Waals surface area contributed by atoms with Crippen molar-refractivity contribution in [3.63, 3.8) is 0 Å². The highest BCUT2D eigenvalue weighted by molar-refractivity contribution is 6.04. The number of aromatic nitrogens is 3. The second kappa shape index (κ2) is 6.09. The van der Waals surface area contributed by atoms with Crippen LogP contribution < -0.4 is 5.73 Å². The SMILES string of the molecule is C#CCCn1ncc2c(N)c(C(=O)OCC=C)c(C)nc21. The van der Waals surface area contributed by atoms with Gasteiger partial charge in [-0.2, -0.15) is 5.10 Å². The summed E-state index contributed by atoms with van der Waals surface area (Å²) in [6, 6.07) is 0. The first-order valence-electron chi connectivity index (χ1n) is 6.43. The van der Waals surface area contributed by atoms with Crippen LogP contribution in [-0.4, -0.2) is 27.3 Å². The number of anilines is 1. The van der Waals surface area contributed by atoms with Gasteiger partial charge in [0, 0.05) is 6.42 Å². The van der Waals surface area contributed by atoms with Crippen molar-refractivity contribution in [1.82, 2.24) is 14.8 Å². The zero-order valence-electron chi connectivity index (χ0n) is 11.8. The van der Waals surface area contributed by atoms with Gasteiger partial charge in [0.05, 0.1) is 29.5 Å². The zero-order valence-corrected chi connectivity index (χ0v) is 11.8. The maximum atomic E-state index is 12.0. The normalized spacial score (nSPS) is 10.3. The van der Waals surface area contributed by atoms with E-state index in [0.29, 0.717) is 35.4 Å². The summed E-state index contributed by atoms with van der Waals surface area (Å²) in [5.74, 6) is 2.03. The van der Waals surface area contributed by atoms with Gasteiger partial charge >= 0.3 is 5.97 Å². The molecule has 2 N–H and O–H groups in total. The molecule has 0 fully saturated rings. The van der Waals surface area contributed by atoms with Crippen molar-refractivity contribution < 1.29 is 9.53 Å². The van der Waals surface area contributed by atoms with Crippen LogP contribution in [0.3, 0.4) is 0 Å². The van der Waals surface area contributed by atoms with Crippen molar-refractivity contribution in [2.75, 3.05) is 12.3 Å². The van der Waals surface area contributed by atoms with E-state index in [-0.39, 0.29) is 12.2 Å². The minimum atomic E-state index is -0.518. The van der Waals surface area contributed by atoms with Crippen LogP contribution in [0.1, 0.15) is 22.5 Å². The first-order chi connectivity index (χ1) is 10.1. The Kier molecular flexibility index (Phi) is 4.24. The van der Waals surface area contributed by atoms with Crippen molar-refractivity contribution >= 4 is 22.7 Å². The topological polar surface area (TPSA) is 83.0 Å². The number of aryl methyl sites for hydroxylation is 2. The van der Waals surface area contributed by atoms with E-state index in [2.05, 4.69) is 22.6 Å². The molecular formula is C15H16N4O2. The van der Waals surface area contributed by atoms with Crippen molar-refractivity contribution in [2.24, 2.45) is 0 Å². The summed E-state index contributed by atoms with van der Waals surface area (Å²) in [5, 5.41) is 4.82. The van der Waals surface area contributed by atoms with Crippen molar-refractivity contribution in [3.8, 4) is 12.3 Å². The number of nitrogen functional groups attached to an aromatic ring is 1. The van der Waals surface area contributed by atoms with Crippen LogP contribution in [0, 0.1) is 19.3 Å². The highest BCUT2D eigenvalue weighted by Crippen LogP contribution is 2.26. The van der Waals surface area contributed by atoms with Gasteiger partial charge in [-0.25, -0.2) is 14.5 Å². The Bertz CT molecular complexity index is 740. The molecule has 0 aromatic carbocycles. The highest BCUT2D eigenvalue weighted by Gasteiger charge is 2.20. The Morgan fingerprint density at radius 1 is 1.67 bits per heavy atom. The molecule has 2 aromatic rings. The van der Waals surface area contributed by atoms with Crippen LogP contribution in [0.5, 0.6) is 0 Å². The van der Waals surface area contributed by atoms with Gasteiger partial charge in [-0.05, 0) is 6.92 Å². The van der Waals surface area contributed by atoms with E-state index >= 15 is 0 Å². The molecule has 108 valence electrons. The fraction of sp³-hybridized carbons (Fsp3) is 0.267. The Balaban J connectivity index is 2.49. The smallest absolute Gasteiger partial charge is 0.342 e. The minimum absolute atomic E-state index is 0.122. The molecule has 0 aliphatic carbocycles. The fourth-order valence-electron chi connectivity index (χ4n) is 2.03. The van der Waals surface area contributed by atoms with E-state index in [4.69, 9.17) is 16.9 Å². The lowest BCUT2D eigenvalue weighted by Crippen LogP contribution is -2.12. The average molecular weight is 284 g/mol. The molecule has 0 amide bonds. The molecule has 0 saturated carbocycles. The molecule has 21 heavy (non-hydrogen) atoms. The molecule has 0 bridgehead atoms. The maximum Gasteiger partial charge on any atom is 0.342 e. The number of rotatable bonds is 5. The summed E-state index contributed by atoms with van der Waals surface area (Å²) in [7, 11) is 0. The van der Waals surface area contributed by atoms with Gasteiger partial charge < -0.3 is 10.5 Å². The second-order valence-electron chi connectivity index (χ2n) is 4.43. The van der Waals surface area contributed by atoms with Crippen LogP contribution in [0.4, 0.5) is 5.69 Å². The van der Waals surface area contributed by atoms with Crippen molar-refractivity contribution in [3.05, 3.63) is 30.1 Å². The molecule has 0 radical (unpaired) electrons.